The highest BCUT2D eigenvalue weighted by atomic mass is 16.5. The second-order valence-electron chi connectivity index (χ2n) is 5.73. The van der Waals surface area contributed by atoms with Crippen molar-refractivity contribution in [2.75, 3.05) is 27.3 Å². The van der Waals surface area contributed by atoms with Crippen molar-refractivity contribution in [1.82, 2.24) is 9.80 Å². The summed E-state index contributed by atoms with van der Waals surface area (Å²) in [5.41, 5.74) is 0. The fraction of sp³-hybridized carbons (Fsp3) is 0.929. The number of carbonyl (C=O) groups is 1. The quantitative estimate of drug-likeness (QED) is 0.774. The summed E-state index contributed by atoms with van der Waals surface area (Å²) in [6, 6.07) is 0.768. The highest BCUT2D eigenvalue weighted by Gasteiger charge is 2.35. The Hall–Kier alpha value is -0.650. The van der Waals surface area contributed by atoms with Crippen LogP contribution in [0.2, 0.25) is 0 Å². The van der Waals surface area contributed by atoms with E-state index in [1.807, 2.05) is 6.92 Å². The molecule has 1 rings (SSSR count). The van der Waals surface area contributed by atoms with Crippen LogP contribution in [-0.4, -0.2) is 72.4 Å². The number of methoxy groups -OCH3 is 1. The first-order chi connectivity index (χ1) is 8.88. The topological polar surface area (TPSA) is 53.0 Å². The molecule has 1 amide bonds. The summed E-state index contributed by atoms with van der Waals surface area (Å²) in [5.74, 6) is 0.0655. The van der Waals surface area contributed by atoms with Crippen molar-refractivity contribution in [3.05, 3.63) is 0 Å². The Kier molecular flexibility index (Phi) is 6.23. The van der Waals surface area contributed by atoms with Crippen molar-refractivity contribution < 1.29 is 14.6 Å². The Labute approximate surface area is 116 Å². The number of aliphatic hydroxyl groups excluding tert-OH is 1. The van der Waals surface area contributed by atoms with E-state index < -0.39 is 6.10 Å². The standard InChI is InChI=1S/C14H28N2O3/c1-10-6-7-11(2)16(10)12(3)14(18)15(4)8-13(17)9-19-5/h10-13,17H,6-9H2,1-5H3/t10-,11-,12+,13-/m1/s1. The molecule has 112 valence electrons. The number of aliphatic hydroxyl groups is 1. The minimum Gasteiger partial charge on any atom is -0.389 e. The van der Waals surface area contributed by atoms with E-state index in [-0.39, 0.29) is 18.6 Å². The molecular formula is C14H28N2O3. The van der Waals surface area contributed by atoms with Gasteiger partial charge in [0, 0.05) is 32.8 Å². The van der Waals surface area contributed by atoms with Crippen LogP contribution in [0.3, 0.4) is 0 Å². The van der Waals surface area contributed by atoms with Crippen LogP contribution in [0.25, 0.3) is 0 Å². The Morgan fingerprint density at radius 3 is 2.42 bits per heavy atom. The number of hydrogen-bond donors (Lipinski definition) is 1. The van der Waals surface area contributed by atoms with Gasteiger partial charge in [0.2, 0.25) is 5.91 Å². The number of ether oxygens (including phenoxy) is 1. The summed E-state index contributed by atoms with van der Waals surface area (Å²) >= 11 is 0. The first kappa shape index (κ1) is 16.4. The molecular weight excluding hydrogens is 244 g/mol. The van der Waals surface area contributed by atoms with Crippen LogP contribution >= 0.6 is 0 Å². The Morgan fingerprint density at radius 1 is 1.42 bits per heavy atom. The second-order valence-corrected chi connectivity index (χ2v) is 5.73. The summed E-state index contributed by atoms with van der Waals surface area (Å²) < 4.78 is 4.88. The fourth-order valence-electron chi connectivity index (χ4n) is 3.08. The molecule has 0 aliphatic carbocycles. The SMILES string of the molecule is COC[C@H](O)CN(C)C(=O)[C@H](C)N1[C@H](C)CC[C@H]1C. The van der Waals surface area contributed by atoms with E-state index in [1.54, 1.807) is 19.1 Å². The van der Waals surface area contributed by atoms with E-state index in [1.165, 1.54) is 0 Å². The monoisotopic (exact) mass is 272 g/mol. The number of likely N-dealkylation sites (N-methyl/N-ethyl adjacent to an activating group) is 1. The maximum Gasteiger partial charge on any atom is 0.239 e. The highest BCUT2D eigenvalue weighted by molar-refractivity contribution is 5.81. The molecule has 1 aliphatic heterocycles. The largest absolute Gasteiger partial charge is 0.389 e. The third-order valence-corrected chi connectivity index (χ3v) is 4.04. The summed E-state index contributed by atoms with van der Waals surface area (Å²) in [4.78, 5) is 16.3. The van der Waals surface area contributed by atoms with Crippen LogP contribution in [0.1, 0.15) is 33.6 Å². The molecule has 0 bridgehead atoms. The van der Waals surface area contributed by atoms with E-state index in [0.717, 1.165) is 12.8 Å². The van der Waals surface area contributed by atoms with Gasteiger partial charge in [0.25, 0.3) is 0 Å². The molecule has 0 aromatic heterocycles. The molecule has 0 saturated carbocycles. The van der Waals surface area contributed by atoms with E-state index in [2.05, 4.69) is 18.7 Å². The number of likely N-dealkylation sites (tertiary alicyclic amines) is 1. The molecule has 5 nitrogen and oxygen atoms in total. The van der Waals surface area contributed by atoms with Gasteiger partial charge in [-0.1, -0.05) is 0 Å². The lowest BCUT2D eigenvalue weighted by Crippen LogP contribution is -2.51. The minimum absolute atomic E-state index is 0.0655. The zero-order valence-electron chi connectivity index (χ0n) is 12.8. The van der Waals surface area contributed by atoms with Gasteiger partial charge in [0.05, 0.1) is 18.8 Å². The van der Waals surface area contributed by atoms with Crippen molar-refractivity contribution >= 4 is 5.91 Å². The number of amides is 1. The number of rotatable bonds is 6. The summed E-state index contributed by atoms with van der Waals surface area (Å²) in [5, 5.41) is 9.69. The molecule has 0 spiro atoms. The molecule has 0 radical (unpaired) electrons. The molecule has 19 heavy (non-hydrogen) atoms. The molecule has 1 aliphatic rings. The maximum absolute atomic E-state index is 12.4. The van der Waals surface area contributed by atoms with Gasteiger partial charge in [0.15, 0.2) is 0 Å². The summed E-state index contributed by atoms with van der Waals surface area (Å²) in [6.07, 6.45) is 1.67. The van der Waals surface area contributed by atoms with Crippen molar-refractivity contribution in [2.24, 2.45) is 0 Å². The molecule has 1 heterocycles. The minimum atomic E-state index is -0.625. The summed E-state index contributed by atoms with van der Waals surface area (Å²) in [7, 11) is 3.28. The summed E-state index contributed by atoms with van der Waals surface area (Å²) in [6.45, 7) is 6.87. The molecule has 4 atom stereocenters. The van der Waals surface area contributed by atoms with Gasteiger partial charge in [0.1, 0.15) is 0 Å². The molecule has 1 saturated heterocycles. The first-order valence-corrected chi connectivity index (χ1v) is 7.07. The van der Waals surface area contributed by atoms with Crippen LogP contribution in [0.5, 0.6) is 0 Å². The zero-order valence-corrected chi connectivity index (χ0v) is 12.8. The van der Waals surface area contributed by atoms with Crippen LogP contribution in [0.15, 0.2) is 0 Å². The van der Waals surface area contributed by atoms with Crippen LogP contribution in [0, 0.1) is 0 Å². The fourth-order valence-corrected chi connectivity index (χ4v) is 3.08. The number of nitrogens with zero attached hydrogens (tertiary/aromatic N) is 2. The second kappa shape index (κ2) is 7.22. The lowest BCUT2D eigenvalue weighted by atomic mass is 10.2. The molecule has 5 heteroatoms. The molecule has 0 aromatic carbocycles. The van der Waals surface area contributed by atoms with E-state index in [4.69, 9.17) is 4.74 Å². The molecule has 1 fully saturated rings. The third kappa shape index (κ3) is 4.16. The molecule has 0 unspecified atom stereocenters. The van der Waals surface area contributed by atoms with E-state index >= 15 is 0 Å². The van der Waals surface area contributed by atoms with Gasteiger partial charge in [-0.25, -0.2) is 0 Å². The lowest BCUT2D eigenvalue weighted by Gasteiger charge is -2.34. The van der Waals surface area contributed by atoms with Gasteiger partial charge >= 0.3 is 0 Å². The normalized spacial score (nSPS) is 27.3. The lowest BCUT2D eigenvalue weighted by molar-refractivity contribution is -0.137. The van der Waals surface area contributed by atoms with Gasteiger partial charge in [-0.3, -0.25) is 9.69 Å². The Bertz CT molecular complexity index is 288. The van der Waals surface area contributed by atoms with Gasteiger partial charge in [-0.2, -0.15) is 0 Å². The number of hydrogen-bond acceptors (Lipinski definition) is 4. The Morgan fingerprint density at radius 2 is 1.95 bits per heavy atom. The molecule has 0 aromatic rings. The average molecular weight is 272 g/mol. The zero-order chi connectivity index (χ0) is 14.6. The van der Waals surface area contributed by atoms with Crippen molar-refractivity contribution in [3.8, 4) is 0 Å². The van der Waals surface area contributed by atoms with E-state index in [0.29, 0.717) is 18.6 Å². The first-order valence-electron chi connectivity index (χ1n) is 7.07. The average Bonchev–Trinajstić information content (AvgIpc) is 2.67. The predicted octanol–water partition coefficient (Wildman–Crippen LogP) is 0.713. The predicted molar refractivity (Wildman–Crippen MR) is 75.0 cm³/mol. The smallest absolute Gasteiger partial charge is 0.239 e. The third-order valence-electron chi connectivity index (χ3n) is 4.04. The van der Waals surface area contributed by atoms with Crippen LogP contribution < -0.4 is 0 Å². The van der Waals surface area contributed by atoms with Crippen molar-refractivity contribution in [1.29, 1.82) is 0 Å². The van der Waals surface area contributed by atoms with Gasteiger partial charge in [-0.05, 0) is 33.6 Å². The van der Waals surface area contributed by atoms with Crippen LogP contribution in [-0.2, 0) is 9.53 Å². The van der Waals surface area contributed by atoms with Gasteiger partial charge < -0.3 is 14.7 Å². The highest BCUT2D eigenvalue weighted by Crippen LogP contribution is 2.26. The van der Waals surface area contributed by atoms with Crippen molar-refractivity contribution in [3.63, 3.8) is 0 Å². The van der Waals surface area contributed by atoms with Crippen molar-refractivity contribution in [2.45, 2.75) is 57.8 Å². The van der Waals surface area contributed by atoms with E-state index in [9.17, 15) is 9.90 Å². The number of carbonyl (C=O) groups excluding carboxylic acids is 1. The van der Waals surface area contributed by atoms with Gasteiger partial charge in [-0.15, -0.1) is 0 Å². The van der Waals surface area contributed by atoms with Crippen LogP contribution in [0.4, 0.5) is 0 Å². The maximum atomic E-state index is 12.4. The Balaban J connectivity index is 2.56. The molecule has 1 N–H and O–H groups in total.